The minimum absolute atomic E-state index is 0.142. The molecule has 2 saturated heterocycles. The fourth-order valence-corrected chi connectivity index (χ4v) is 5.05. The smallest absolute Gasteiger partial charge is 0.184 e. The van der Waals surface area contributed by atoms with Gasteiger partial charge in [-0.05, 0) is 37.8 Å². The number of sulfone groups is 1. The van der Waals surface area contributed by atoms with Crippen molar-refractivity contribution in [1.29, 1.82) is 0 Å². The van der Waals surface area contributed by atoms with E-state index in [0.29, 0.717) is 12.8 Å². The molecule has 0 radical (unpaired) electrons. The van der Waals surface area contributed by atoms with Gasteiger partial charge in [-0.2, -0.15) is 0 Å². The Balaban J connectivity index is 1.94. The van der Waals surface area contributed by atoms with E-state index < -0.39 is 20.9 Å². The number of nitrogens with one attached hydrogen (secondary N) is 1. The second-order valence-electron chi connectivity index (χ2n) is 5.21. The summed E-state index contributed by atoms with van der Waals surface area (Å²) in [5.74, 6) is -0.636. The summed E-state index contributed by atoms with van der Waals surface area (Å²) in [6.07, 6.45) is 3.28. The van der Waals surface area contributed by atoms with Gasteiger partial charge in [0.1, 0.15) is 10.7 Å². The molecule has 5 heteroatoms. The van der Waals surface area contributed by atoms with Crippen molar-refractivity contribution in [3.8, 4) is 0 Å². The fraction of sp³-hybridized carbons (Fsp3) is 0.538. The van der Waals surface area contributed by atoms with E-state index in [2.05, 4.69) is 5.32 Å². The van der Waals surface area contributed by atoms with Gasteiger partial charge in [-0.15, -0.1) is 0 Å². The quantitative estimate of drug-likeness (QED) is 0.891. The van der Waals surface area contributed by atoms with E-state index in [0.717, 1.165) is 12.8 Å². The van der Waals surface area contributed by atoms with E-state index in [1.165, 1.54) is 18.2 Å². The van der Waals surface area contributed by atoms with Crippen LogP contribution >= 0.6 is 0 Å². The van der Waals surface area contributed by atoms with Gasteiger partial charge in [-0.1, -0.05) is 12.1 Å². The Labute approximate surface area is 106 Å². The molecule has 3 atom stereocenters. The Morgan fingerprint density at radius 2 is 1.72 bits per heavy atom. The van der Waals surface area contributed by atoms with Crippen LogP contribution in [-0.2, 0) is 9.84 Å². The van der Waals surface area contributed by atoms with Crippen LogP contribution in [-0.4, -0.2) is 25.8 Å². The Morgan fingerprint density at radius 3 is 2.33 bits per heavy atom. The van der Waals surface area contributed by atoms with E-state index in [1.807, 2.05) is 0 Å². The van der Waals surface area contributed by atoms with Gasteiger partial charge >= 0.3 is 0 Å². The van der Waals surface area contributed by atoms with Gasteiger partial charge in [0.15, 0.2) is 9.84 Å². The first-order valence-corrected chi connectivity index (χ1v) is 7.86. The van der Waals surface area contributed by atoms with Crippen molar-refractivity contribution in [2.45, 2.75) is 47.9 Å². The van der Waals surface area contributed by atoms with Gasteiger partial charge in [-0.3, -0.25) is 0 Å². The van der Waals surface area contributed by atoms with Crippen LogP contribution in [0.1, 0.15) is 25.7 Å². The number of hydrogen-bond donors (Lipinski definition) is 1. The predicted molar refractivity (Wildman–Crippen MR) is 66.6 cm³/mol. The molecule has 0 saturated carbocycles. The Bertz CT molecular complexity index is 546. The third-order valence-electron chi connectivity index (χ3n) is 4.01. The summed E-state index contributed by atoms with van der Waals surface area (Å²) in [5.41, 5.74) is 0. The molecule has 0 aromatic heterocycles. The highest BCUT2D eigenvalue weighted by atomic mass is 32.2. The number of piperidine rings is 1. The molecule has 2 aliphatic rings. The Morgan fingerprint density at radius 1 is 1.11 bits per heavy atom. The zero-order chi connectivity index (χ0) is 12.8. The highest BCUT2D eigenvalue weighted by Crippen LogP contribution is 2.33. The molecule has 3 nitrogen and oxygen atoms in total. The zero-order valence-electron chi connectivity index (χ0n) is 9.97. The lowest BCUT2D eigenvalue weighted by Gasteiger charge is -2.28. The molecule has 2 bridgehead atoms. The number of hydrogen-bond acceptors (Lipinski definition) is 3. The van der Waals surface area contributed by atoms with Gasteiger partial charge in [0.2, 0.25) is 0 Å². The lowest BCUT2D eigenvalue weighted by molar-refractivity contribution is 0.400. The minimum atomic E-state index is -3.53. The van der Waals surface area contributed by atoms with Crippen LogP contribution in [0, 0.1) is 5.82 Å². The predicted octanol–water partition coefficient (Wildman–Crippen LogP) is 1.88. The molecule has 0 amide bonds. The first kappa shape index (κ1) is 12.1. The van der Waals surface area contributed by atoms with E-state index in [9.17, 15) is 12.8 Å². The van der Waals surface area contributed by atoms with Crippen LogP contribution < -0.4 is 5.32 Å². The lowest BCUT2D eigenvalue weighted by Crippen LogP contribution is -2.43. The summed E-state index contributed by atoms with van der Waals surface area (Å²) in [4.78, 5) is -0.142. The number of halogens is 1. The van der Waals surface area contributed by atoms with Crippen LogP contribution in [0.3, 0.4) is 0 Å². The summed E-state index contributed by atoms with van der Waals surface area (Å²) >= 11 is 0. The van der Waals surface area contributed by atoms with Gasteiger partial charge < -0.3 is 5.32 Å². The third-order valence-corrected chi connectivity index (χ3v) is 6.22. The first-order chi connectivity index (χ1) is 8.57. The summed E-state index contributed by atoms with van der Waals surface area (Å²) in [6.45, 7) is 0. The minimum Gasteiger partial charge on any atom is -0.311 e. The number of rotatable bonds is 2. The van der Waals surface area contributed by atoms with E-state index in [4.69, 9.17) is 0 Å². The Hall–Kier alpha value is -0.940. The number of fused-ring (bicyclic) bond motifs is 2. The van der Waals surface area contributed by atoms with Gasteiger partial charge in [-0.25, -0.2) is 12.8 Å². The normalized spacial score (nSPS) is 31.5. The molecule has 1 aromatic rings. The molecule has 2 aliphatic heterocycles. The van der Waals surface area contributed by atoms with Crippen molar-refractivity contribution in [2.75, 3.05) is 0 Å². The number of benzene rings is 1. The molecular formula is C13H16FNO2S. The van der Waals surface area contributed by atoms with Crippen LogP contribution in [0.25, 0.3) is 0 Å². The van der Waals surface area contributed by atoms with Crippen molar-refractivity contribution >= 4 is 9.84 Å². The summed E-state index contributed by atoms with van der Waals surface area (Å²) in [5, 5.41) is 2.96. The van der Waals surface area contributed by atoms with Gasteiger partial charge in [0.25, 0.3) is 0 Å². The van der Waals surface area contributed by atoms with Crippen molar-refractivity contribution in [3.05, 3.63) is 30.1 Å². The standard InChI is InChI=1S/C13H16FNO2S/c14-12-3-1-2-4-13(12)18(16,17)11-7-9-5-6-10(8-11)15-9/h1-4,9-11,15H,5-8H2/t9-,10+,11?. The van der Waals surface area contributed by atoms with Crippen molar-refractivity contribution in [1.82, 2.24) is 5.32 Å². The average molecular weight is 269 g/mol. The average Bonchev–Trinajstić information content (AvgIpc) is 2.68. The maximum Gasteiger partial charge on any atom is 0.184 e. The molecule has 0 aliphatic carbocycles. The van der Waals surface area contributed by atoms with E-state index >= 15 is 0 Å². The molecular weight excluding hydrogens is 253 g/mol. The molecule has 2 fully saturated rings. The maximum absolute atomic E-state index is 13.7. The molecule has 98 valence electrons. The highest BCUT2D eigenvalue weighted by Gasteiger charge is 2.40. The van der Waals surface area contributed by atoms with Crippen LogP contribution in [0.2, 0.25) is 0 Å². The van der Waals surface area contributed by atoms with Crippen molar-refractivity contribution < 1.29 is 12.8 Å². The zero-order valence-corrected chi connectivity index (χ0v) is 10.8. The Kier molecular flexibility index (Phi) is 2.90. The lowest BCUT2D eigenvalue weighted by atomic mass is 10.1. The molecule has 2 heterocycles. The van der Waals surface area contributed by atoms with E-state index in [-0.39, 0.29) is 17.0 Å². The van der Waals surface area contributed by atoms with Gasteiger partial charge in [0.05, 0.1) is 5.25 Å². The molecule has 1 unspecified atom stereocenters. The molecule has 1 N–H and O–H groups in total. The van der Waals surface area contributed by atoms with Crippen LogP contribution in [0.5, 0.6) is 0 Å². The summed E-state index contributed by atoms with van der Waals surface area (Å²) in [6, 6.07) is 6.24. The van der Waals surface area contributed by atoms with Crippen molar-refractivity contribution in [3.63, 3.8) is 0 Å². The second-order valence-corrected chi connectivity index (χ2v) is 7.40. The highest BCUT2D eigenvalue weighted by molar-refractivity contribution is 7.92. The van der Waals surface area contributed by atoms with Crippen molar-refractivity contribution in [2.24, 2.45) is 0 Å². The largest absolute Gasteiger partial charge is 0.311 e. The second kappa shape index (κ2) is 4.31. The van der Waals surface area contributed by atoms with Gasteiger partial charge in [0, 0.05) is 12.1 Å². The molecule has 18 heavy (non-hydrogen) atoms. The molecule has 0 spiro atoms. The van der Waals surface area contributed by atoms with Crippen LogP contribution in [0.4, 0.5) is 4.39 Å². The summed E-state index contributed by atoms with van der Waals surface area (Å²) in [7, 11) is -3.53. The third kappa shape index (κ3) is 1.95. The first-order valence-electron chi connectivity index (χ1n) is 6.32. The van der Waals surface area contributed by atoms with E-state index in [1.54, 1.807) is 6.07 Å². The molecule has 3 rings (SSSR count). The SMILES string of the molecule is O=S(=O)(c1ccccc1F)C1C[C@H]2CC[C@@H](C1)N2. The van der Waals surface area contributed by atoms with Crippen LogP contribution in [0.15, 0.2) is 29.2 Å². The topological polar surface area (TPSA) is 46.2 Å². The maximum atomic E-state index is 13.7. The fourth-order valence-electron chi connectivity index (χ4n) is 3.11. The monoisotopic (exact) mass is 269 g/mol. The summed E-state index contributed by atoms with van der Waals surface area (Å²) < 4.78 is 38.6. The molecule has 1 aromatic carbocycles.